The second-order valence-corrected chi connectivity index (χ2v) is 4.07. The van der Waals surface area contributed by atoms with Gasteiger partial charge in [-0.2, -0.15) is 13.2 Å². The van der Waals surface area contributed by atoms with E-state index in [2.05, 4.69) is 15.3 Å². The SMILES string of the molecule is O=C([O-])c1nccnc1C(=O)Nc1ccc(C(F)(F)F)cc1. The van der Waals surface area contributed by atoms with Crippen molar-refractivity contribution in [1.82, 2.24) is 9.97 Å². The molecule has 0 saturated carbocycles. The molecule has 0 spiro atoms. The Morgan fingerprint density at radius 1 is 1.00 bits per heavy atom. The molecule has 22 heavy (non-hydrogen) atoms. The molecule has 0 radical (unpaired) electrons. The predicted octanol–water partition coefficient (Wildman–Crippen LogP) is 1.11. The van der Waals surface area contributed by atoms with Crippen LogP contribution in [0.1, 0.15) is 26.5 Å². The molecule has 0 atom stereocenters. The first-order valence-corrected chi connectivity index (χ1v) is 5.80. The number of hydrogen-bond acceptors (Lipinski definition) is 5. The Kier molecular flexibility index (Phi) is 4.06. The van der Waals surface area contributed by atoms with Gasteiger partial charge >= 0.3 is 6.18 Å². The predicted molar refractivity (Wildman–Crippen MR) is 65.8 cm³/mol. The Morgan fingerprint density at radius 2 is 1.55 bits per heavy atom. The van der Waals surface area contributed by atoms with Crippen LogP contribution in [-0.2, 0) is 6.18 Å². The number of carboxylic acids is 1. The van der Waals surface area contributed by atoms with Crippen molar-refractivity contribution in [3.63, 3.8) is 0 Å². The van der Waals surface area contributed by atoms with Gasteiger partial charge in [0.1, 0.15) is 5.69 Å². The number of aromatic nitrogens is 2. The van der Waals surface area contributed by atoms with Crippen molar-refractivity contribution in [2.24, 2.45) is 0 Å². The maximum Gasteiger partial charge on any atom is 0.416 e. The molecule has 6 nitrogen and oxygen atoms in total. The Labute approximate surface area is 121 Å². The number of hydrogen-bond donors (Lipinski definition) is 1. The van der Waals surface area contributed by atoms with E-state index in [1.54, 1.807) is 0 Å². The summed E-state index contributed by atoms with van der Waals surface area (Å²) in [5.41, 5.74) is -1.98. The van der Waals surface area contributed by atoms with Crippen LogP contribution in [0, 0.1) is 0 Å². The third-order valence-corrected chi connectivity index (χ3v) is 2.58. The normalized spacial score (nSPS) is 11.0. The Hall–Kier alpha value is -2.97. The molecule has 0 unspecified atom stereocenters. The smallest absolute Gasteiger partial charge is 0.416 e. The lowest BCUT2D eigenvalue weighted by molar-refractivity contribution is -0.255. The maximum atomic E-state index is 12.4. The van der Waals surface area contributed by atoms with Gasteiger partial charge < -0.3 is 15.2 Å². The monoisotopic (exact) mass is 310 g/mol. The van der Waals surface area contributed by atoms with Crippen LogP contribution in [0.25, 0.3) is 0 Å². The van der Waals surface area contributed by atoms with E-state index in [0.29, 0.717) is 0 Å². The van der Waals surface area contributed by atoms with Crippen molar-refractivity contribution in [3.05, 3.63) is 53.6 Å². The summed E-state index contributed by atoms with van der Waals surface area (Å²) in [5.74, 6) is -2.61. The van der Waals surface area contributed by atoms with Crippen LogP contribution >= 0.6 is 0 Å². The van der Waals surface area contributed by atoms with Gasteiger partial charge in [-0.3, -0.25) is 9.78 Å². The molecule has 0 aliphatic rings. The zero-order valence-electron chi connectivity index (χ0n) is 10.7. The summed E-state index contributed by atoms with van der Waals surface area (Å²) in [6.07, 6.45) is -2.32. The average molecular weight is 310 g/mol. The zero-order valence-corrected chi connectivity index (χ0v) is 10.7. The molecule has 2 aromatic rings. The fraction of sp³-hybridized carbons (Fsp3) is 0.0769. The van der Waals surface area contributed by atoms with Crippen LogP contribution in [-0.4, -0.2) is 21.8 Å². The van der Waals surface area contributed by atoms with Crippen LogP contribution in [0.15, 0.2) is 36.7 Å². The number of aromatic carboxylic acids is 1. The number of carbonyl (C=O) groups is 2. The van der Waals surface area contributed by atoms with E-state index >= 15 is 0 Å². The standard InChI is InChI=1S/C13H8F3N3O3/c14-13(15,16)7-1-3-8(4-2-7)19-11(20)9-10(12(21)22)18-6-5-17-9/h1-6H,(H,19,20)(H,21,22)/p-1. The number of carboxylic acid groups (broad SMARTS) is 1. The zero-order chi connectivity index (χ0) is 16.3. The molecule has 1 aromatic heterocycles. The van der Waals surface area contributed by atoms with Crippen molar-refractivity contribution in [1.29, 1.82) is 0 Å². The molecule has 0 aliphatic carbocycles. The number of nitrogens with one attached hydrogen (secondary N) is 1. The fourth-order valence-electron chi connectivity index (χ4n) is 1.59. The first-order valence-electron chi connectivity index (χ1n) is 5.80. The van der Waals surface area contributed by atoms with Gasteiger partial charge in [-0.1, -0.05) is 0 Å². The van der Waals surface area contributed by atoms with Crippen LogP contribution < -0.4 is 10.4 Å². The van der Waals surface area contributed by atoms with Gasteiger partial charge in [-0.05, 0) is 24.3 Å². The molecule has 0 aliphatic heterocycles. The number of nitrogens with zero attached hydrogens (tertiary/aromatic N) is 2. The lowest BCUT2D eigenvalue weighted by atomic mass is 10.2. The summed E-state index contributed by atoms with van der Waals surface area (Å²) in [5, 5.41) is 13.0. The lowest BCUT2D eigenvalue weighted by Crippen LogP contribution is -2.28. The molecule has 114 valence electrons. The van der Waals surface area contributed by atoms with Crippen molar-refractivity contribution < 1.29 is 27.9 Å². The minimum Gasteiger partial charge on any atom is -0.543 e. The van der Waals surface area contributed by atoms with Crippen LogP contribution in [0.4, 0.5) is 18.9 Å². The molecular weight excluding hydrogens is 303 g/mol. The first-order chi connectivity index (χ1) is 10.3. The molecule has 0 saturated heterocycles. The van der Waals surface area contributed by atoms with Gasteiger partial charge in [0.2, 0.25) is 0 Å². The van der Waals surface area contributed by atoms with Crippen molar-refractivity contribution >= 4 is 17.6 Å². The van der Waals surface area contributed by atoms with Crippen molar-refractivity contribution in [3.8, 4) is 0 Å². The third-order valence-electron chi connectivity index (χ3n) is 2.58. The van der Waals surface area contributed by atoms with Gasteiger partial charge in [-0.25, -0.2) is 4.98 Å². The summed E-state index contributed by atoms with van der Waals surface area (Å²) >= 11 is 0. The highest BCUT2D eigenvalue weighted by atomic mass is 19.4. The minimum atomic E-state index is -4.49. The van der Waals surface area contributed by atoms with Gasteiger partial charge in [0, 0.05) is 18.1 Å². The number of alkyl halides is 3. The Balaban J connectivity index is 2.21. The van der Waals surface area contributed by atoms with Crippen LogP contribution in [0.5, 0.6) is 0 Å². The number of rotatable bonds is 3. The molecular formula is C13H7F3N3O3-. The van der Waals surface area contributed by atoms with Gasteiger partial charge in [0.05, 0.1) is 11.5 Å². The van der Waals surface area contributed by atoms with E-state index in [4.69, 9.17) is 0 Å². The molecule has 1 N–H and O–H groups in total. The highest BCUT2D eigenvalue weighted by molar-refractivity contribution is 6.08. The van der Waals surface area contributed by atoms with Gasteiger partial charge in [-0.15, -0.1) is 0 Å². The number of benzene rings is 1. The van der Waals surface area contributed by atoms with Crippen LogP contribution in [0.2, 0.25) is 0 Å². The number of halogens is 3. The quantitative estimate of drug-likeness (QED) is 0.916. The summed E-state index contributed by atoms with van der Waals surface area (Å²) in [4.78, 5) is 29.7. The first kappa shape index (κ1) is 15.4. The van der Waals surface area contributed by atoms with E-state index in [9.17, 15) is 27.9 Å². The number of carbonyl (C=O) groups excluding carboxylic acids is 2. The lowest BCUT2D eigenvalue weighted by Gasteiger charge is -2.10. The second kappa shape index (κ2) is 5.80. The molecule has 0 fully saturated rings. The molecule has 1 amide bonds. The maximum absolute atomic E-state index is 12.4. The highest BCUT2D eigenvalue weighted by Gasteiger charge is 2.30. The van der Waals surface area contributed by atoms with Gasteiger partial charge in [0.25, 0.3) is 5.91 Å². The molecule has 2 rings (SSSR count). The van der Waals surface area contributed by atoms with E-state index < -0.39 is 35.0 Å². The highest BCUT2D eigenvalue weighted by Crippen LogP contribution is 2.29. The van der Waals surface area contributed by atoms with E-state index in [1.165, 1.54) is 0 Å². The summed E-state index contributed by atoms with van der Waals surface area (Å²) < 4.78 is 37.2. The summed E-state index contributed by atoms with van der Waals surface area (Å²) in [7, 11) is 0. The molecule has 1 aromatic carbocycles. The second-order valence-electron chi connectivity index (χ2n) is 4.07. The average Bonchev–Trinajstić information content (AvgIpc) is 2.46. The molecule has 1 heterocycles. The fourth-order valence-corrected chi connectivity index (χ4v) is 1.59. The van der Waals surface area contributed by atoms with E-state index in [0.717, 1.165) is 36.7 Å². The van der Waals surface area contributed by atoms with E-state index in [-0.39, 0.29) is 5.69 Å². The Bertz CT molecular complexity index is 714. The largest absolute Gasteiger partial charge is 0.543 e. The topological polar surface area (TPSA) is 95.0 Å². The molecule has 9 heteroatoms. The molecule has 0 bridgehead atoms. The van der Waals surface area contributed by atoms with Gasteiger partial charge in [0.15, 0.2) is 5.69 Å². The Morgan fingerprint density at radius 3 is 2.05 bits per heavy atom. The van der Waals surface area contributed by atoms with Crippen LogP contribution in [0.3, 0.4) is 0 Å². The van der Waals surface area contributed by atoms with Crippen molar-refractivity contribution in [2.75, 3.05) is 5.32 Å². The minimum absolute atomic E-state index is 0.0490. The summed E-state index contributed by atoms with van der Waals surface area (Å²) in [6.45, 7) is 0. The third kappa shape index (κ3) is 3.37. The number of amides is 1. The summed E-state index contributed by atoms with van der Waals surface area (Å²) in [6, 6.07) is 3.64. The number of anilines is 1. The van der Waals surface area contributed by atoms with E-state index in [1.807, 2.05) is 0 Å². The van der Waals surface area contributed by atoms with Crippen molar-refractivity contribution in [2.45, 2.75) is 6.18 Å².